The lowest BCUT2D eigenvalue weighted by molar-refractivity contribution is -0.386. The van der Waals surface area contributed by atoms with E-state index in [2.05, 4.69) is 5.10 Å². The molecule has 0 N–H and O–H groups in total. The molecule has 1 amide bonds. The fraction of sp³-hybridized carbons (Fsp3) is 0.263. The average molecular weight is 384 g/mol. The minimum atomic E-state index is -0.512. The predicted octanol–water partition coefficient (Wildman–Crippen LogP) is 3.26. The van der Waals surface area contributed by atoms with Crippen LogP contribution in [0, 0.1) is 10.1 Å². The molecule has 3 rings (SSSR count). The van der Waals surface area contributed by atoms with Gasteiger partial charge in [0.25, 0.3) is 5.91 Å². The smallest absolute Gasteiger partial charge is 0.310 e. The zero-order valence-corrected chi connectivity index (χ0v) is 15.6. The van der Waals surface area contributed by atoms with E-state index >= 15 is 0 Å². The third-order valence-corrected chi connectivity index (χ3v) is 4.15. The summed E-state index contributed by atoms with van der Waals surface area (Å²) in [7, 11) is 1.68. The molecule has 0 spiro atoms. The van der Waals surface area contributed by atoms with Crippen LogP contribution in [0.3, 0.4) is 0 Å². The van der Waals surface area contributed by atoms with Gasteiger partial charge in [-0.05, 0) is 31.2 Å². The summed E-state index contributed by atoms with van der Waals surface area (Å²) in [6.07, 6.45) is 1.70. The van der Waals surface area contributed by atoms with Gasteiger partial charge >= 0.3 is 5.69 Å². The number of ether oxygens (including phenoxy) is 1. The first-order valence-corrected chi connectivity index (χ1v) is 8.70. The second-order valence-corrected chi connectivity index (χ2v) is 6.08. The maximum atomic E-state index is 12.6. The van der Waals surface area contributed by atoms with Crippen molar-refractivity contribution in [3.63, 3.8) is 0 Å². The van der Waals surface area contributed by atoms with Crippen LogP contribution >= 0.6 is 0 Å². The SMILES string of the molecule is CCn1nccc1CN(C)C(=O)c1ccc(COc2ccccc2[N+](=O)[O-])o1. The lowest BCUT2D eigenvalue weighted by atomic mass is 10.3. The maximum absolute atomic E-state index is 12.6. The predicted molar refractivity (Wildman–Crippen MR) is 99.8 cm³/mol. The van der Waals surface area contributed by atoms with Crippen LogP contribution in [-0.4, -0.2) is 32.6 Å². The van der Waals surface area contributed by atoms with Crippen molar-refractivity contribution >= 4 is 11.6 Å². The molecule has 9 nitrogen and oxygen atoms in total. The van der Waals surface area contributed by atoms with E-state index in [1.807, 2.05) is 17.7 Å². The van der Waals surface area contributed by atoms with Crippen molar-refractivity contribution in [3.8, 4) is 5.75 Å². The van der Waals surface area contributed by atoms with Gasteiger partial charge in [-0.1, -0.05) is 12.1 Å². The van der Waals surface area contributed by atoms with Crippen molar-refractivity contribution in [2.75, 3.05) is 7.05 Å². The van der Waals surface area contributed by atoms with Crippen molar-refractivity contribution in [2.24, 2.45) is 0 Å². The summed E-state index contributed by atoms with van der Waals surface area (Å²) in [5.74, 6) is 0.433. The zero-order chi connectivity index (χ0) is 20.1. The Kier molecular flexibility index (Phi) is 5.73. The second-order valence-electron chi connectivity index (χ2n) is 6.08. The van der Waals surface area contributed by atoms with E-state index in [0.717, 1.165) is 12.2 Å². The number of amides is 1. The highest BCUT2D eigenvalue weighted by Gasteiger charge is 2.19. The van der Waals surface area contributed by atoms with E-state index in [1.165, 1.54) is 17.0 Å². The molecule has 2 heterocycles. The number of carbonyl (C=O) groups excluding carboxylic acids is 1. The minimum Gasteiger partial charge on any atom is -0.479 e. The molecule has 0 aliphatic carbocycles. The molecule has 3 aromatic rings. The Labute approximate surface area is 161 Å². The Morgan fingerprint density at radius 3 is 2.82 bits per heavy atom. The van der Waals surface area contributed by atoms with Gasteiger partial charge in [0.1, 0.15) is 12.4 Å². The number of hydrogen-bond donors (Lipinski definition) is 0. The van der Waals surface area contributed by atoms with Gasteiger partial charge in [0, 0.05) is 25.9 Å². The quantitative estimate of drug-likeness (QED) is 0.436. The van der Waals surface area contributed by atoms with E-state index in [0.29, 0.717) is 12.3 Å². The molecule has 0 aliphatic heterocycles. The first-order valence-electron chi connectivity index (χ1n) is 8.70. The summed E-state index contributed by atoms with van der Waals surface area (Å²) in [6.45, 7) is 3.08. The molecule has 0 radical (unpaired) electrons. The van der Waals surface area contributed by atoms with Crippen LogP contribution in [-0.2, 0) is 19.7 Å². The van der Waals surface area contributed by atoms with Crippen molar-refractivity contribution in [1.29, 1.82) is 0 Å². The summed E-state index contributed by atoms with van der Waals surface area (Å²) >= 11 is 0. The van der Waals surface area contributed by atoms with E-state index in [4.69, 9.17) is 9.15 Å². The molecule has 146 valence electrons. The van der Waals surface area contributed by atoms with E-state index in [1.54, 1.807) is 37.5 Å². The molecule has 0 saturated carbocycles. The largest absolute Gasteiger partial charge is 0.479 e. The molecule has 0 aliphatic rings. The van der Waals surface area contributed by atoms with Gasteiger partial charge < -0.3 is 14.1 Å². The number of benzene rings is 1. The highest BCUT2D eigenvalue weighted by molar-refractivity contribution is 5.91. The average Bonchev–Trinajstić information content (AvgIpc) is 3.35. The summed E-state index contributed by atoms with van der Waals surface area (Å²) < 4.78 is 12.9. The summed E-state index contributed by atoms with van der Waals surface area (Å²) in [5, 5.41) is 15.2. The summed E-state index contributed by atoms with van der Waals surface area (Å²) in [6, 6.07) is 11.1. The number of furan rings is 1. The molecule has 0 atom stereocenters. The van der Waals surface area contributed by atoms with Crippen LogP contribution in [0.5, 0.6) is 5.75 Å². The molecule has 0 saturated heterocycles. The number of hydrogen-bond acceptors (Lipinski definition) is 6. The molecule has 1 aromatic carbocycles. The van der Waals surface area contributed by atoms with Crippen molar-refractivity contribution in [2.45, 2.75) is 26.6 Å². The number of aryl methyl sites for hydroxylation is 1. The molecule has 9 heteroatoms. The van der Waals surface area contributed by atoms with E-state index in [-0.39, 0.29) is 29.7 Å². The van der Waals surface area contributed by atoms with Crippen molar-refractivity contribution in [1.82, 2.24) is 14.7 Å². The molecular weight excluding hydrogens is 364 g/mol. The van der Waals surface area contributed by atoms with Crippen LogP contribution in [0.2, 0.25) is 0 Å². The lowest BCUT2D eigenvalue weighted by Gasteiger charge is -2.16. The van der Waals surface area contributed by atoms with Gasteiger partial charge in [-0.2, -0.15) is 5.10 Å². The molecule has 0 unspecified atom stereocenters. The molecule has 0 fully saturated rings. The minimum absolute atomic E-state index is 0.0234. The van der Waals surface area contributed by atoms with Crippen molar-refractivity contribution < 1.29 is 18.9 Å². The van der Waals surface area contributed by atoms with Crippen LogP contribution in [0.25, 0.3) is 0 Å². The number of para-hydroxylation sites is 2. The third-order valence-electron chi connectivity index (χ3n) is 4.15. The molecule has 28 heavy (non-hydrogen) atoms. The molecular formula is C19H20N4O5. The number of aromatic nitrogens is 2. The van der Waals surface area contributed by atoms with Crippen LogP contribution in [0.1, 0.15) is 28.9 Å². The standard InChI is InChI=1S/C19H20N4O5/c1-3-22-14(10-11-20-22)12-21(2)19(24)18-9-8-15(28-18)13-27-17-7-5-4-6-16(17)23(25)26/h4-11H,3,12-13H2,1-2H3. The fourth-order valence-electron chi connectivity index (χ4n) is 2.73. The van der Waals surface area contributed by atoms with Crippen LogP contribution < -0.4 is 4.74 Å². The number of carbonyl (C=O) groups is 1. The van der Waals surface area contributed by atoms with E-state index in [9.17, 15) is 14.9 Å². The first kappa shape index (κ1) is 19.2. The molecule has 2 aromatic heterocycles. The Balaban J connectivity index is 1.63. The van der Waals surface area contributed by atoms with Crippen LogP contribution in [0.4, 0.5) is 5.69 Å². The maximum Gasteiger partial charge on any atom is 0.310 e. The topological polar surface area (TPSA) is 104 Å². The number of nitrogens with zero attached hydrogens (tertiary/aromatic N) is 4. The Bertz CT molecular complexity index is 978. The van der Waals surface area contributed by atoms with E-state index < -0.39 is 4.92 Å². The van der Waals surface area contributed by atoms with Gasteiger partial charge in [-0.25, -0.2) is 0 Å². The number of nitro benzene ring substituents is 1. The van der Waals surface area contributed by atoms with Gasteiger partial charge in [-0.15, -0.1) is 0 Å². The summed E-state index contributed by atoms with van der Waals surface area (Å²) in [5.41, 5.74) is 0.794. The second kappa shape index (κ2) is 8.38. The monoisotopic (exact) mass is 384 g/mol. The van der Waals surface area contributed by atoms with Crippen LogP contribution in [0.15, 0.2) is 53.1 Å². The van der Waals surface area contributed by atoms with Crippen molar-refractivity contribution in [3.05, 3.63) is 76.0 Å². The highest BCUT2D eigenvalue weighted by Crippen LogP contribution is 2.27. The van der Waals surface area contributed by atoms with Gasteiger partial charge in [0.15, 0.2) is 11.5 Å². The van der Waals surface area contributed by atoms with Gasteiger partial charge in [0.2, 0.25) is 0 Å². The van der Waals surface area contributed by atoms with Gasteiger partial charge in [0.05, 0.1) is 17.2 Å². The first-order chi connectivity index (χ1) is 13.5. The number of rotatable bonds is 8. The molecule has 0 bridgehead atoms. The highest BCUT2D eigenvalue weighted by atomic mass is 16.6. The third kappa shape index (κ3) is 4.20. The lowest BCUT2D eigenvalue weighted by Crippen LogP contribution is -2.27. The zero-order valence-electron chi connectivity index (χ0n) is 15.6. The Hall–Kier alpha value is -3.62. The Morgan fingerprint density at radius 2 is 2.07 bits per heavy atom. The van der Waals surface area contributed by atoms with Gasteiger partial charge in [-0.3, -0.25) is 19.6 Å². The normalized spacial score (nSPS) is 10.6. The number of nitro groups is 1. The fourth-order valence-corrected chi connectivity index (χ4v) is 2.73. The summed E-state index contributed by atoms with van der Waals surface area (Å²) in [4.78, 5) is 24.6. The Morgan fingerprint density at radius 1 is 1.29 bits per heavy atom.